The van der Waals surface area contributed by atoms with Gasteiger partial charge in [-0.15, -0.1) is 0 Å². The average molecular weight is 400 g/mol. The van der Waals surface area contributed by atoms with Crippen LogP contribution in [0.3, 0.4) is 0 Å². The second-order valence-electron chi connectivity index (χ2n) is 6.24. The third-order valence-corrected chi connectivity index (χ3v) is 5.77. The van der Waals surface area contributed by atoms with Crippen LogP contribution in [-0.2, 0) is 14.8 Å². The third-order valence-electron chi connectivity index (χ3n) is 4.38. The maximum Gasteiger partial charge on any atom is 0.241 e. The smallest absolute Gasteiger partial charge is 0.241 e. The van der Waals surface area contributed by atoms with Gasteiger partial charge in [-0.25, -0.2) is 13.1 Å². The SMILES string of the molecule is CCOc1ccc(S(=O)(=O)NCC(=O)N2CCCC2CNC)cc1OCC. The van der Waals surface area contributed by atoms with E-state index in [1.54, 1.807) is 11.0 Å². The molecule has 152 valence electrons. The van der Waals surface area contributed by atoms with Crippen molar-refractivity contribution in [3.63, 3.8) is 0 Å². The van der Waals surface area contributed by atoms with Gasteiger partial charge in [0.05, 0.1) is 24.7 Å². The van der Waals surface area contributed by atoms with E-state index >= 15 is 0 Å². The van der Waals surface area contributed by atoms with Crippen LogP contribution >= 0.6 is 0 Å². The molecule has 0 aliphatic carbocycles. The van der Waals surface area contributed by atoms with Crippen LogP contribution in [0, 0.1) is 0 Å². The summed E-state index contributed by atoms with van der Waals surface area (Å²) >= 11 is 0. The van der Waals surface area contributed by atoms with E-state index in [1.807, 2.05) is 20.9 Å². The van der Waals surface area contributed by atoms with Crippen molar-refractivity contribution in [3.05, 3.63) is 18.2 Å². The Balaban J connectivity index is 2.07. The number of sulfonamides is 1. The minimum Gasteiger partial charge on any atom is -0.490 e. The van der Waals surface area contributed by atoms with E-state index in [1.165, 1.54) is 12.1 Å². The van der Waals surface area contributed by atoms with Crippen LogP contribution in [0.2, 0.25) is 0 Å². The maximum atomic E-state index is 12.6. The fourth-order valence-electron chi connectivity index (χ4n) is 3.15. The summed E-state index contributed by atoms with van der Waals surface area (Å²) in [5.41, 5.74) is 0. The Labute approximate surface area is 161 Å². The lowest BCUT2D eigenvalue weighted by atomic mass is 10.2. The summed E-state index contributed by atoms with van der Waals surface area (Å²) in [4.78, 5) is 14.2. The molecule has 2 N–H and O–H groups in total. The normalized spacial score (nSPS) is 17.1. The zero-order valence-corrected chi connectivity index (χ0v) is 17.0. The number of rotatable bonds is 10. The van der Waals surface area contributed by atoms with Gasteiger partial charge in [0.2, 0.25) is 15.9 Å². The Bertz CT molecular complexity index is 739. The van der Waals surface area contributed by atoms with Crippen LogP contribution in [0.1, 0.15) is 26.7 Å². The van der Waals surface area contributed by atoms with Crippen molar-refractivity contribution < 1.29 is 22.7 Å². The summed E-state index contributed by atoms with van der Waals surface area (Å²) in [7, 11) is -2.00. The first-order valence-electron chi connectivity index (χ1n) is 9.26. The minimum absolute atomic E-state index is 0.0374. The molecule has 1 amide bonds. The Hall–Kier alpha value is -1.84. The fraction of sp³-hybridized carbons (Fsp3) is 0.611. The van der Waals surface area contributed by atoms with Crippen molar-refractivity contribution in [3.8, 4) is 11.5 Å². The lowest BCUT2D eigenvalue weighted by Crippen LogP contribution is -2.45. The van der Waals surface area contributed by atoms with Gasteiger partial charge in [0.15, 0.2) is 11.5 Å². The molecule has 1 saturated heterocycles. The quantitative estimate of drug-likeness (QED) is 0.609. The van der Waals surface area contributed by atoms with Gasteiger partial charge in [0, 0.05) is 25.2 Å². The Kier molecular flexibility index (Phi) is 7.88. The van der Waals surface area contributed by atoms with E-state index in [2.05, 4.69) is 10.0 Å². The van der Waals surface area contributed by atoms with Crippen LogP contribution in [0.4, 0.5) is 0 Å². The highest BCUT2D eigenvalue weighted by Crippen LogP contribution is 2.30. The summed E-state index contributed by atoms with van der Waals surface area (Å²) in [6.45, 7) is 5.58. The number of benzene rings is 1. The summed E-state index contributed by atoms with van der Waals surface area (Å²) in [5.74, 6) is 0.635. The van der Waals surface area contributed by atoms with Crippen LogP contribution in [-0.4, -0.2) is 65.2 Å². The van der Waals surface area contributed by atoms with E-state index in [-0.39, 0.29) is 23.4 Å². The summed E-state index contributed by atoms with van der Waals surface area (Å²) in [5, 5.41) is 3.07. The molecule has 0 saturated carbocycles. The Morgan fingerprint density at radius 3 is 2.59 bits per heavy atom. The first-order chi connectivity index (χ1) is 12.9. The zero-order chi connectivity index (χ0) is 19.9. The number of carbonyl (C=O) groups is 1. The number of hydrogen-bond acceptors (Lipinski definition) is 6. The number of nitrogens with one attached hydrogen (secondary N) is 2. The number of hydrogen-bond donors (Lipinski definition) is 2. The molecule has 1 aliphatic rings. The molecule has 0 radical (unpaired) electrons. The van der Waals surface area contributed by atoms with Crippen molar-refractivity contribution in [1.82, 2.24) is 14.9 Å². The summed E-state index contributed by atoms with van der Waals surface area (Å²) in [6, 6.07) is 4.54. The molecule has 1 heterocycles. The number of amides is 1. The van der Waals surface area contributed by atoms with Crippen LogP contribution < -0.4 is 19.5 Å². The first-order valence-corrected chi connectivity index (χ1v) is 10.7. The van der Waals surface area contributed by atoms with E-state index in [0.717, 1.165) is 12.8 Å². The zero-order valence-electron chi connectivity index (χ0n) is 16.2. The van der Waals surface area contributed by atoms with E-state index in [0.29, 0.717) is 37.8 Å². The summed E-state index contributed by atoms with van der Waals surface area (Å²) in [6.07, 6.45) is 1.86. The predicted octanol–water partition coefficient (Wildman–Crippen LogP) is 0.973. The molecule has 1 unspecified atom stereocenters. The Morgan fingerprint density at radius 1 is 1.22 bits per heavy atom. The van der Waals surface area contributed by atoms with Gasteiger partial charge >= 0.3 is 0 Å². The maximum absolute atomic E-state index is 12.6. The molecule has 1 aromatic rings. The highest BCUT2D eigenvalue weighted by atomic mass is 32.2. The number of carbonyl (C=O) groups excluding carboxylic acids is 1. The molecule has 2 rings (SSSR count). The van der Waals surface area contributed by atoms with Crippen LogP contribution in [0.15, 0.2) is 23.1 Å². The molecule has 0 aromatic heterocycles. The van der Waals surface area contributed by atoms with Crippen molar-refractivity contribution >= 4 is 15.9 Å². The molecule has 1 fully saturated rings. The second-order valence-corrected chi connectivity index (χ2v) is 8.01. The number of nitrogens with zero attached hydrogens (tertiary/aromatic N) is 1. The van der Waals surface area contributed by atoms with E-state index in [4.69, 9.17) is 9.47 Å². The number of likely N-dealkylation sites (N-methyl/N-ethyl adjacent to an activating group) is 1. The van der Waals surface area contributed by atoms with Gasteiger partial charge in [-0.1, -0.05) is 0 Å². The molecular formula is C18H29N3O5S. The van der Waals surface area contributed by atoms with Gasteiger partial charge in [-0.05, 0) is 45.9 Å². The lowest BCUT2D eigenvalue weighted by Gasteiger charge is -2.24. The molecule has 9 heteroatoms. The highest BCUT2D eigenvalue weighted by molar-refractivity contribution is 7.89. The molecule has 27 heavy (non-hydrogen) atoms. The van der Waals surface area contributed by atoms with Crippen LogP contribution in [0.25, 0.3) is 0 Å². The van der Waals surface area contributed by atoms with E-state index in [9.17, 15) is 13.2 Å². The Morgan fingerprint density at radius 2 is 1.93 bits per heavy atom. The fourth-order valence-corrected chi connectivity index (χ4v) is 4.14. The topological polar surface area (TPSA) is 97.0 Å². The largest absolute Gasteiger partial charge is 0.490 e. The number of likely N-dealkylation sites (tertiary alicyclic amines) is 1. The standard InChI is InChI=1S/C18H29N3O5S/c1-4-25-16-9-8-15(11-17(16)26-5-2)27(23,24)20-13-18(22)21-10-6-7-14(21)12-19-3/h8-9,11,14,19-20H,4-7,10,12-13H2,1-3H3. The van der Waals surface area contributed by atoms with Crippen molar-refractivity contribution in [1.29, 1.82) is 0 Å². The van der Waals surface area contributed by atoms with Crippen LogP contribution in [0.5, 0.6) is 11.5 Å². The molecular weight excluding hydrogens is 370 g/mol. The first kappa shape index (κ1) is 21.5. The predicted molar refractivity (Wildman–Crippen MR) is 103 cm³/mol. The third kappa shape index (κ3) is 5.57. The molecule has 1 aromatic carbocycles. The minimum atomic E-state index is -3.84. The lowest BCUT2D eigenvalue weighted by molar-refractivity contribution is -0.130. The van der Waals surface area contributed by atoms with Gasteiger partial charge in [-0.2, -0.15) is 0 Å². The molecule has 1 atom stereocenters. The van der Waals surface area contributed by atoms with E-state index < -0.39 is 10.0 Å². The monoisotopic (exact) mass is 399 g/mol. The van der Waals surface area contributed by atoms with Crippen molar-refractivity contribution in [2.45, 2.75) is 37.6 Å². The molecule has 1 aliphatic heterocycles. The second kappa shape index (κ2) is 9.91. The van der Waals surface area contributed by atoms with Crippen molar-refractivity contribution in [2.75, 3.05) is 39.9 Å². The van der Waals surface area contributed by atoms with Crippen molar-refractivity contribution in [2.24, 2.45) is 0 Å². The summed E-state index contributed by atoms with van der Waals surface area (Å²) < 4.78 is 38.5. The van der Waals surface area contributed by atoms with Gasteiger partial charge in [0.25, 0.3) is 0 Å². The highest BCUT2D eigenvalue weighted by Gasteiger charge is 2.29. The number of ether oxygens (including phenoxy) is 2. The molecule has 0 bridgehead atoms. The molecule has 8 nitrogen and oxygen atoms in total. The molecule has 0 spiro atoms. The average Bonchev–Trinajstić information content (AvgIpc) is 3.10. The van der Waals surface area contributed by atoms with Gasteiger partial charge < -0.3 is 19.7 Å². The van der Waals surface area contributed by atoms with Gasteiger partial charge in [-0.3, -0.25) is 4.79 Å². The van der Waals surface area contributed by atoms with Gasteiger partial charge in [0.1, 0.15) is 0 Å².